The lowest BCUT2D eigenvalue weighted by Crippen LogP contribution is -2.24. The summed E-state index contributed by atoms with van der Waals surface area (Å²) >= 11 is 6.95. The number of unbranched alkanes of at least 4 members (excludes halogenated alkanes) is 17. The number of halogens is 2. The summed E-state index contributed by atoms with van der Waals surface area (Å²) in [5.74, 6) is 0.415. The fourth-order valence-electron chi connectivity index (χ4n) is 4.12. The van der Waals surface area contributed by atoms with E-state index in [1.807, 2.05) is 0 Å². The van der Waals surface area contributed by atoms with Gasteiger partial charge in [-0.15, -0.1) is 0 Å². The van der Waals surface area contributed by atoms with Crippen molar-refractivity contribution in [2.24, 2.45) is 0 Å². The number of alkyl halides is 2. The molecule has 0 aromatic carbocycles. The van der Waals surface area contributed by atoms with E-state index in [9.17, 15) is 9.59 Å². The van der Waals surface area contributed by atoms with Crippen molar-refractivity contribution in [3.8, 4) is 0 Å². The Hall–Kier alpha value is -0.100. The molecule has 0 bridgehead atoms. The first kappa shape index (κ1) is 33.9. The van der Waals surface area contributed by atoms with Crippen molar-refractivity contribution in [1.29, 1.82) is 0 Å². The summed E-state index contributed by atoms with van der Waals surface area (Å²) in [6.45, 7) is 1.57. The first-order valence-electron chi connectivity index (χ1n) is 14.4. The number of carbonyl (C=O) groups excluding carboxylic acids is 2. The summed E-state index contributed by atoms with van der Waals surface area (Å²) in [5.41, 5.74) is 0. The third-order valence-corrected chi connectivity index (χ3v) is 7.44. The Morgan fingerprint density at radius 3 is 0.971 bits per heavy atom. The monoisotopic (exact) mass is 608 g/mol. The minimum atomic E-state index is 0.208. The number of hydrogen-bond acceptors (Lipinski definition) is 2. The van der Waals surface area contributed by atoms with Crippen molar-refractivity contribution in [2.45, 2.75) is 141 Å². The first-order chi connectivity index (χ1) is 16.7. The van der Waals surface area contributed by atoms with Gasteiger partial charge in [0, 0.05) is 36.6 Å². The van der Waals surface area contributed by atoms with Crippen molar-refractivity contribution in [1.82, 2.24) is 10.6 Å². The highest BCUT2D eigenvalue weighted by atomic mass is 79.9. The van der Waals surface area contributed by atoms with Crippen molar-refractivity contribution in [3.05, 3.63) is 0 Å². The van der Waals surface area contributed by atoms with E-state index in [1.54, 1.807) is 0 Å². The maximum absolute atomic E-state index is 11.9. The topological polar surface area (TPSA) is 58.2 Å². The Morgan fingerprint density at radius 2 is 0.647 bits per heavy atom. The highest BCUT2D eigenvalue weighted by Gasteiger charge is 2.02. The summed E-state index contributed by atoms with van der Waals surface area (Å²) in [4.78, 5) is 23.8. The van der Waals surface area contributed by atoms with Crippen molar-refractivity contribution in [3.63, 3.8) is 0 Å². The molecule has 0 aliphatic rings. The molecule has 0 radical (unpaired) electrons. The van der Waals surface area contributed by atoms with Crippen LogP contribution in [0.2, 0.25) is 0 Å². The van der Waals surface area contributed by atoms with Gasteiger partial charge >= 0.3 is 0 Å². The number of nitrogens with one attached hydrogen (secondary N) is 2. The Bertz CT molecular complexity index is 410. The lowest BCUT2D eigenvalue weighted by atomic mass is 10.1. The lowest BCUT2D eigenvalue weighted by Gasteiger charge is -2.07. The molecular weight excluding hydrogens is 556 g/mol. The minimum Gasteiger partial charge on any atom is -0.356 e. The SMILES string of the molecule is O=C(CCCCCCCCCCBr)NCCCCCCNC(=O)CCCCCCCCCCBr. The molecule has 0 saturated heterocycles. The van der Waals surface area contributed by atoms with Crippen LogP contribution in [0.15, 0.2) is 0 Å². The van der Waals surface area contributed by atoms with Crippen molar-refractivity contribution >= 4 is 43.7 Å². The smallest absolute Gasteiger partial charge is 0.219 e. The zero-order chi connectivity index (χ0) is 25.0. The summed E-state index contributed by atoms with van der Waals surface area (Å²) < 4.78 is 0. The van der Waals surface area contributed by atoms with Crippen molar-refractivity contribution in [2.75, 3.05) is 23.7 Å². The molecule has 0 heterocycles. The number of carbonyl (C=O) groups is 2. The summed E-state index contributed by atoms with van der Waals surface area (Å²) in [6, 6.07) is 0. The number of amides is 2. The lowest BCUT2D eigenvalue weighted by molar-refractivity contribution is -0.122. The molecule has 0 aromatic rings. The van der Waals surface area contributed by atoms with E-state index >= 15 is 0 Å². The molecule has 0 aromatic heterocycles. The molecule has 2 N–H and O–H groups in total. The maximum atomic E-state index is 11.9. The van der Waals surface area contributed by atoms with Gasteiger partial charge < -0.3 is 10.6 Å². The van der Waals surface area contributed by atoms with Crippen LogP contribution in [0.4, 0.5) is 0 Å². The van der Waals surface area contributed by atoms with Crippen LogP contribution in [0, 0.1) is 0 Å². The van der Waals surface area contributed by atoms with Gasteiger partial charge in [-0.3, -0.25) is 9.59 Å². The van der Waals surface area contributed by atoms with E-state index in [0.29, 0.717) is 12.8 Å². The van der Waals surface area contributed by atoms with Crippen LogP contribution >= 0.6 is 31.9 Å². The van der Waals surface area contributed by atoms with Gasteiger partial charge in [0.2, 0.25) is 11.8 Å². The molecule has 0 aliphatic heterocycles. The van der Waals surface area contributed by atoms with E-state index in [-0.39, 0.29) is 11.8 Å². The number of rotatable bonds is 27. The van der Waals surface area contributed by atoms with Gasteiger partial charge in [-0.1, -0.05) is 122 Å². The quantitative estimate of drug-likeness (QED) is 0.0723. The first-order valence-corrected chi connectivity index (χ1v) is 16.6. The Morgan fingerprint density at radius 1 is 0.382 bits per heavy atom. The Balaban J connectivity index is 3.25. The fourth-order valence-corrected chi connectivity index (χ4v) is 4.91. The minimum absolute atomic E-state index is 0.208. The average molecular weight is 611 g/mol. The molecule has 0 atom stereocenters. The van der Waals surface area contributed by atoms with Gasteiger partial charge in [-0.2, -0.15) is 0 Å². The van der Waals surface area contributed by atoms with Gasteiger partial charge in [0.05, 0.1) is 0 Å². The van der Waals surface area contributed by atoms with Gasteiger partial charge in [-0.05, 0) is 38.5 Å². The molecule has 0 rings (SSSR count). The summed E-state index contributed by atoms with van der Waals surface area (Å²) in [7, 11) is 0. The van der Waals surface area contributed by atoms with Gasteiger partial charge in [0.15, 0.2) is 0 Å². The van der Waals surface area contributed by atoms with E-state index in [1.165, 1.54) is 89.9 Å². The van der Waals surface area contributed by atoms with Crippen LogP contribution in [0.3, 0.4) is 0 Å². The molecule has 0 saturated carbocycles. The highest BCUT2D eigenvalue weighted by Crippen LogP contribution is 2.11. The van der Waals surface area contributed by atoms with E-state index in [4.69, 9.17) is 0 Å². The fraction of sp³-hybridized carbons (Fsp3) is 0.929. The van der Waals surface area contributed by atoms with Crippen LogP contribution in [0.5, 0.6) is 0 Å². The molecule has 0 aliphatic carbocycles. The second-order valence-corrected chi connectivity index (χ2v) is 11.2. The molecule has 0 spiro atoms. The molecular formula is C28H54Br2N2O2. The summed E-state index contributed by atoms with van der Waals surface area (Å²) in [6.07, 6.45) is 25.8. The van der Waals surface area contributed by atoms with E-state index < -0.39 is 0 Å². The molecule has 4 nitrogen and oxygen atoms in total. The molecule has 6 heteroatoms. The highest BCUT2D eigenvalue weighted by molar-refractivity contribution is 9.09. The predicted octanol–water partition coefficient (Wildman–Crippen LogP) is 8.59. The van der Waals surface area contributed by atoms with E-state index in [0.717, 1.165) is 62.3 Å². The molecule has 0 unspecified atom stereocenters. The van der Waals surface area contributed by atoms with Crippen LogP contribution in [0.25, 0.3) is 0 Å². The average Bonchev–Trinajstić information content (AvgIpc) is 2.83. The van der Waals surface area contributed by atoms with Gasteiger partial charge in [0.1, 0.15) is 0 Å². The summed E-state index contributed by atoms with van der Waals surface area (Å²) in [5, 5.41) is 8.35. The van der Waals surface area contributed by atoms with E-state index in [2.05, 4.69) is 42.5 Å². The Kier molecular flexibility index (Phi) is 29.0. The largest absolute Gasteiger partial charge is 0.356 e. The second-order valence-electron chi connectivity index (χ2n) is 9.65. The zero-order valence-electron chi connectivity index (χ0n) is 22.0. The zero-order valence-corrected chi connectivity index (χ0v) is 25.1. The third-order valence-electron chi connectivity index (χ3n) is 6.32. The van der Waals surface area contributed by atoms with Crippen LogP contribution in [-0.2, 0) is 9.59 Å². The molecule has 2 amide bonds. The van der Waals surface area contributed by atoms with Gasteiger partial charge in [0.25, 0.3) is 0 Å². The molecule has 202 valence electrons. The van der Waals surface area contributed by atoms with Crippen LogP contribution in [0.1, 0.15) is 141 Å². The van der Waals surface area contributed by atoms with Gasteiger partial charge in [-0.25, -0.2) is 0 Å². The Labute approximate surface area is 228 Å². The molecule has 34 heavy (non-hydrogen) atoms. The standard InChI is InChI=1S/C28H54Br2N2O2/c29-23-17-11-7-3-1-5-9-15-21-27(33)31-25-19-13-14-20-26-32-28(34)22-16-10-6-2-4-8-12-18-24-30/h1-26H2,(H,31,33)(H,32,34). The van der Waals surface area contributed by atoms with Crippen LogP contribution < -0.4 is 10.6 Å². The van der Waals surface area contributed by atoms with Crippen LogP contribution in [-0.4, -0.2) is 35.6 Å². The number of hydrogen-bond donors (Lipinski definition) is 2. The predicted molar refractivity (Wildman–Crippen MR) is 155 cm³/mol. The second kappa shape index (κ2) is 29.1. The third kappa shape index (κ3) is 28.1. The normalized spacial score (nSPS) is 11.0. The van der Waals surface area contributed by atoms with Crippen molar-refractivity contribution < 1.29 is 9.59 Å². The molecule has 0 fully saturated rings. The maximum Gasteiger partial charge on any atom is 0.219 e.